The highest BCUT2D eigenvalue weighted by molar-refractivity contribution is 9.10. The fraction of sp³-hybridized carbons (Fsp3) is 0.333. The van der Waals surface area contributed by atoms with Crippen LogP contribution < -0.4 is 5.73 Å². The Morgan fingerprint density at radius 2 is 2.36 bits per heavy atom. The van der Waals surface area contributed by atoms with E-state index in [1.807, 2.05) is 12.1 Å². The lowest BCUT2D eigenvalue weighted by Gasteiger charge is -2.15. The van der Waals surface area contributed by atoms with Crippen LogP contribution in [0.15, 0.2) is 22.9 Å². The number of nitrogens with zero attached hydrogens (tertiary/aromatic N) is 2. The second kappa shape index (κ2) is 5.07. The van der Waals surface area contributed by atoms with Crippen molar-refractivity contribution in [3.8, 4) is 0 Å². The summed E-state index contributed by atoms with van der Waals surface area (Å²) < 4.78 is 0.786. The first kappa shape index (κ1) is 11.1. The highest BCUT2D eigenvalue weighted by atomic mass is 79.9. The summed E-state index contributed by atoms with van der Waals surface area (Å²) in [5.74, 6) is -0.0760. The van der Waals surface area contributed by atoms with Gasteiger partial charge in [-0.2, -0.15) is 0 Å². The number of halogens is 1. The molecule has 76 valence electrons. The Morgan fingerprint density at radius 1 is 1.64 bits per heavy atom. The van der Waals surface area contributed by atoms with E-state index < -0.39 is 0 Å². The van der Waals surface area contributed by atoms with Crippen LogP contribution in [0.5, 0.6) is 0 Å². The number of rotatable bonds is 3. The van der Waals surface area contributed by atoms with Crippen LogP contribution in [-0.4, -0.2) is 29.4 Å². The summed E-state index contributed by atoms with van der Waals surface area (Å²) in [6.07, 6.45) is 1.73. The van der Waals surface area contributed by atoms with Crippen molar-refractivity contribution in [2.24, 2.45) is 5.73 Å². The predicted molar refractivity (Wildman–Crippen MR) is 57.5 cm³/mol. The van der Waals surface area contributed by atoms with Gasteiger partial charge in [-0.05, 0) is 27.6 Å². The summed E-state index contributed by atoms with van der Waals surface area (Å²) in [6.45, 7) is 0.580. The zero-order chi connectivity index (χ0) is 10.6. The van der Waals surface area contributed by atoms with Crippen molar-refractivity contribution >= 4 is 21.8 Å². The van der Waals surface area contributed by atoms with E-state index >= 15 is 0 Å². The van der Waals surface area contributed by atoms with Gasteiger partial charge in [-0.3, -0.25) is 4.79 Å². The van der Waals surface area contributed by atoms with Crippen LogP contribution in [0.25, 0.3) is 0 Å². The van der Waals surface area contributed by atoms with Crippen LogP contribution in [0.2, 0.25) is 0 Å². The fourth-order valence-corrected chi connectivity index (χ4v) is 1.25. The SMILES string of the molecule is CN(Cc1ccc(Br)nc1)C(=O)CN. The highest BCUT2D eigenvalue weighted by Crippen LogP contribution is 2.07. The third-order valence-electron chi connectivity index (χ3n) is 1.81. The summed E-state index contributed by atoms with van der Waals surface area (Å²) in [4.78, 5) is 16.8. The quantitative estimate of drug-likeness (QED) is 0.814. The Morgan fingerprint density at radius 3 is 2.86 bits per heavy atom. The molecule has 1 aromatic heterocycles. The maximum atomic E-state index is 11.2. The first-order valence-electron chi connectivity index (χ1n) is 4.18. The molecule has 5 heteroatoms. The molecule has 0 unspecified atom stereocenters. The van der Waals surface area contributed by atoms with Crippen molar-refractivity contribution in [3.63, 3.8) is 0 Å². The van der Waals surface area contributed by atoms with E-state index in [-0.39, 0.29) is 12.5 Å². The number of nitrogens with two attached hydrogens (primary N) is 1. The summed E-state index contributed by atoms with van der Waals surface area (Å²) in [5.41, 5.74) is 6.22. The number of likely N-dealkylation sites (N-methyl/N-ethyl adjacent to an activating group) is 1. The molecule has 0 aromatic carbocycles. The van der Waals surface area contributed by atoms with Crippen LogP contribution >= 0.6 is 15.9 Å². The molecule has 0 aliphatic carbocycles. The van der Waals surface area contributed by atoms with Crippen molar-refractivity contribution in [1.82, 2.24) is 9.88 Å². The van der Waals surface area contributed by atoms with Crippen LogP contribution in [0.3, 0.4) is 0 Å². The van der Waals surface area contributed by atoms with Gasteiger partial charge in [-0.1, -0.05) is 6.07 Å². The monoisotopic (exact) mass is 257 g/mol. The lowest BCUT2D eigenvalue weighted by molar-refractivity contribution is -0.128. The third-order valence-corrected chi connectivity index (χ3v) is 2.28. The Hall–Kier alpha value is -0.940. The van der Waals surface area contributed by atoms with Crippen molar-refractivity contribution in [2.75, 3.05) is 13.6 Å². The average molecular weight is 258 g/mol. The summed E-state index contributed by atoms with van der Waals surface area (Å²) >= 11 is 3.24. The summed E-state index contributed by atoms with van der Waals surface area (Å²) in [5, 5.41) is 0. The molecule has 4 nitrogen and oxygen atoms in total. The van der Waals surface area contributed by atoms with Gasteiger partial charge in [0, 0.05) is 19.8 Å². The zero-order valence-electron chi connectivity index (χ0n) is 7.90. The lowest BCUT2D eigenvalue weighted by Crippen LogP contribution is -2.32. The molecule has 0 saturated carbocycles. The number of aromatic nitrogens is 1. The number of carbonyl (C=O) groups excluding carboxylic acids is 1. The van der Waals surface area contributed by atoms with Crippen molar-refractivity contribution in [3.05, 3.63) is 28.5 Å². The van der Waals surface area contributed by atoms with Crippen molar-refractivity contribution in [2.45, 2.75) is 6.54 Å². The van der Waals surface area contributed by atoms with E-state index in [2.05, 4.69) is 20.9 Å². The molecule has 0 aliphatic rings. The maximum absolute atomic E-state index is 11.2. The first-order valence-corrected chi connectivity index (χ1v) is 4.97. The first-order chi connectivity index (χ1) is 6.63. The second-order valence-corrected chi connectivity index (χ2v) is 3.76. The number of hydrogen-bond acceptors (Lipinski definition) is 3. The van der Waals surface area contributed by atoms with E-state index in [0.717, 1.165) is 10.2 Å². The minimum Gasteiger partial charge on any atom is -0.340 e. The van der Waals surface area contributed by atoms with E-state index in [1.54, 1.807) is 18.1 Å². The molecule has 1 aromatic rings. The average Bonchev–Trinajstić information content (AvgIpc) is 2.20. The van der Waals surface area contributed by atoms with Gasteiger partial charge in [-0.15, -0.1) is 0 Å². The number of amides is 1. The molecule has 0 fully saturated rings. The Bertz CT molecular complexity index is 312. The van der Waals surface area contributed by atoms with E-state index in [4.69, 9.17) is 5.73 Å². The molecule has 1 rings (SSSR count). The van der Waals surface area contributed by atoms with E-state index in [0.29, 0.717) is 6.54 Å². The minimum atomic E-state index is -0.0760. The summed E-state index contributed by atoms with van der Waals surface area (Å²) in [7, 11) is 1.72. The topological polar surface area (TPSA) is 59.2 Å². The minimum absolute atomic E-state index is 0.0421. The Labute approximate surface area is 91.2 Å². The molecule has 0 atom stereocenters. The normalized spacial score (nSPS) is 9.93. The Balaban J connectivity index is 2.60. The largest absolute Gasteiger partial charge is 0.340 e. The molecular weight excluding hydrogens is 246 g/mol. The summed E-state index contributed by atoms with van der Waals surface area (Å²) in [6, 6.07) is 3.76. The molecule has 14 heavy (non-hydrogen) atoms. The number of pyridine rings is 1. The predicted octanol–water partition coefficient (Wildman–Crippen LogP) is 0.761. The highest BCUT2D eigenvalue weighted by Gasteiger charge is 2.06. The lowest BCUT2D eigenvalue weighted by atomic mass is 10.3. The molecule has 1 amide bonds. The van der Waals surface area contributed by atoms with Gasteiger partial charge in [0.1, 0.15) is 4.60 Å². The van der Waals surface area contributed by atoms with Crippen LogP contribution in [0.1, 0.15) is 5.56 Å². The standard InChI is InChI=1S/C9H12BrN3O/c1-13(9(14)4-11)6-7-2-3-8(10)12-5-7/h2-3,5H,4,6,11H2,1H3. The maximum Gasteiger partial charge on any atom is 0.236 e. The van der Waals surface area contributed by atoms with E-state index in [9.17, 15) is 4.79 Å². The smallest absolute Gasteiger partial charge is 0.236 e. The number of hydrogen-bond donors (Lipinski definition) is 1. The van der Waals surface area contributed by atoms with Gasteiger partial charge >= 0.3 is 0 Å². The molecule has 0 aliphatic heterocycles. The van der Waals surface area contributed by atoms with Gasteiger partial charge in [0.2, 0.25) is 5.91 Å². The van der Waals surface area contributed by atoms with Crippen LogP contribution in [0, 0.1) is 0 Å². The molecule has 2 N–H and O–H groups in total. The van der Waals surface area contributed by atoms with Gasteiger partial charge in [-0.25, -0.2) is 4.98 Å². The third kappa shape index (κ3) is 3.08. The van der Waals surface area contributed by atoms with Gasteiger partial charge in [0.15, 0.2) is 0 Å². The molecule has 0 spiro atoms. The van der Waals surface area contributed by atoms with E-state index in [1.165, 1.54) is 0 Å². The Kier molecular flexibility index (Phi) is 4.03. The van der Waals surface area contributed by atoms with Crippen LogP contribution in [-0.2, 0) is 11.3 Å². The fourth-order valence-electron chi connectivity index (χ4n) is 1.02. The molecule has 0 saturated heterocycles. The number of carbonyl (C=O) groups is 1. The van der Waals surface area contributed by atoms with Crippen LogP contribution in [0.4, 0.5) is 0 Å². The van der Waals surface area contributed by atoms with Crippen molar-refractivity contribution < 1.29 is 4.79 Å². The zero-order valence-corrected chi connectivity index (χ0v) is 9.49. The van der Waals surface area contributed by atoms with Gasteiger partial charge in [0.25, 0.3) is 0 Å². The van der Waals surface area contributed by atoms with Gasteiger partial charge < -0.3 is 10.6 Å². The van der Waals surface area contributed by atoms with Gasteiger partial charge in [0.05, 0.1) is 6.54 Å². The molecular formula is C9H12BrN3O. The molecule has 0 radical (unpaired) electrons. The van der Waals surface area contributed by atoms with Crippen molar-refractivity contribution in [1.29, 1.82) is 0 Å². The second-order valence-electron chi connectivity index (χ2n) is 2.94. The molecule has 0 bridgehead atoms. The molecule has 1 heterocycles.